The second-order valence-electron chi connectivity index (χ2n) is 5.69. The highest BCUT2D eigenvalue weighted by molar-refractivity contribution is 5.48. The van der Waals surface area contributed by atoms with E-state index in [0.29, 0.717) is 0 Å². The molecule has 0 unspecified atom stereocenters. The highest BCUT2D eigenvalue weighted by Crippen LogP contribution is 2.24. The molecule has 21 heavy (non-hydrogen) atoms. The van der Waals surface area contributed by atoms with Crippen molar-refractivity contribution in [2.75, 3.05) is 20.3 Å². The number of benzene rings is 1. The molecule has 0 atom stereocenters. The van der Waals surface area contributed by atoms with Crippen LogP contribution in [0.3, 0.4) is 0 Å². The van der Waals surface area contributed by atoms with Crippen molar-refractivity contribution in [3.05, 3.63) is 52.3 Å². The zero-order chi connectivity index (χ0) is 15.4. The third kappa shape index (κ3) is 3.55. The Hall–Kier alpha value is -1.58. The molecule has 0 saturated heterocycles. The van der Waals surface area contributed by atoms with Crippen molar-refractivity contribution in [2.24, 2.45) is 0 Å². The van der Waals surface area contributed by atoms with Crippen LogP contribution in [0.25, 0.3) is 5.69 Å². The van der Waals surface area contributed by atoms with Gasteiger partial charge in [-0.2, -0.15) is 0 Å². The first-order valence-corrected chi connectivity index (χ1v) is 7.49. The lowest BCUT2D eigenvalue weighted by molar-refractivity contribution is 0.199. The predicted molar refractivity (Wildman–Crippen MR) is 88.3 cm³/mol. The molecule has 1 N–H and O–H groups in total. The van der Waals surface area contributed by atoms with E-state index >= 15 is 0 Å². The molecule has 3 nitrogen and oxygen atoms in total. The fraction of sp³-hybridized carbons (Fsp3) is 0.444. The number of hydrogen-bond donors (Lipinski definition) is 1. The van der Waals surface area contributed by atoms with Crippen molar-refractivity contribution in [1.29, 1.82) is 0 Å². The van der Waals surface area contributed by atoms with Crippen LogP contribution in [0.1, 0.15) is 28.1 Å². The van der Waals surface area contributed by atoms with Crippen LogP contribution in [0.5, 0.6) is 0 Å². The lowest BCUT2D eigenvalue weighted by atomic mass is 10.1. The first kappa shape index (κ1) is 15.8. The first-order chi connectivity index (χ1) is 10.0. The number of methoxy groups -OCH3 is 1. The van der Waals surface area contributed by atoms with E-state index in [1.165, 1.54) is 33.8 Å². The third-order valence-electron chi connectivity index (χ3n) is 3.94. The predicted octanol–water partition coefficient (Wildman–Crippen LogP) is 3.45. The third-order valence-corrected chi connectivity index (χ3v) is 3.94. The molecule has 0 bridgehead atoms. The number of nitrogens with one attached hydrogen (secondary N) is 1. The number of aromatic nitrogens is 1. The minimum Gasteiger partial charge on any atom is -0.383 e. The van der Waals surface area contributed by atoms with Gasteiger partial charge in [-0.1, -0.05) is 12.1 Å². The van der Waals surface area contributed by atoms with Gasteiger partial charge in [-0.05, 0) is 56.5 Å². The molecule has 114 valence electrons. The van der Waals surface area contributed by atoms with Gasteiger partial charge in [0.15, 0.2) is 0 Å². The van der Waals surface area contributed by atoms with Gasteiger partial charge in [-0.15, -0.1) is 0 Å². The minimum absolute atomic E-state index is 0.746. The van der Waals surface area contributed by atoms with E-state index in [0.717, 1.165) is 19.7 Å². The van der Waals surface area contributed by atoms with E-state index in [2.05, 4.69) is 61.8 Å². The van der Waals surface area contributed by atoms with Gasteiger partial charge in [0, 0.05) is 37.3 Å². The number of aryl methyl sites for hydroxylation is 3. The van der Waals surface area contributed by atoms with Crippen LogP contribution < -0.4 is 5.32 Å². The average Bonchev–Trinajstić information content (AvgIpc) is 2.73. The van der Waals surface area contributed by atoms with Gasteiger partial charge in [0.25, 0.3) is 0 Å². The molecule has 0 amide bonds. The van der Waals surface area contributed by atoms with Gasteiger partial charge in [-0.25, -0.2) is 0 Å². The van der Waals surface area contributed by atoms with Gasteiger partial charge in [0.1, 0.15) is 0 Å². The SMILES string of the molecule is COCCNCc1cc(C)n(-c2cc(C)ccc2C)c1C. The molecule has 1 aromatic heterocycles. The van der Waals surface area contributed by atoms with Crippen LogP contribution in [-0.4, -0.2) is 24.8 Å². The second-order valence-corrected chi connectivity index (χ2v) is 5.69. The number of nitrogens with zero attached hydrogens (tertiary/aromatic N) is 1. The number of ether oxygens (including phenoxy) is 1. The van der Waals surface area contributed by atoms with Crippen molar-refractivity contribution in [3.8, 4) is 5.69 Å². The summed E-state index contributed by atoms with van der Waals surface area (Å²) in [4.78, 5) is 0. The largest absolute Gasteiger partial charge is 0.383 e. The van der Waals surface area contributed by atoms with Crippen LogP contribution in [0.2, 0.25) is 0 Å². The van der Waals surface area contributed by atoms with E-state index in [1.807, 2.05) is 0 Å². The standard InChI is InChI=1S/C18H26N2O/c1-13-6-7-14(2)18(10-13)20-15(3)11-17(16(20)4)12-19-8-9-21-5/h6-7,10-11,19H,8-9,12H2,1-5H3. The van der Waals surface area contributed by atoms with Crippen LogP contribution >= 0.6 is 0 Å². The summed E-state index contributed by atoms with van der Waals surface area (Å²) in [5.41, 5.74) is 7.83. The fourth-order valence-electron chi connectivity index (χ4n) is 2.74. The topological polar surface area (TPSA) is 26.2 Å². The quantitative estimate of drug-likeness (QED) is 0.823. The van der Waals surface area contributed by atoms with Crippen molar-refractivity contribution < 1.29 is 4.74 Å². The molecule has 0 aliphatic rings. The molecular formula is C18H26N2O. The maximum absolute atomic E-state index is 5.07. The summed E-state index contributed by atoms with van der Waals surface area (Å²) < 4.78 is 7.43. The maximum atomic E-state index is 5.07. The highest BCUT2D eigenvalue weighted by atomic mass is 16.5. The minimum atomic E-state index is 0.746. The smallest absolute Gasteiger partial charge is 0.0587 e. The van der Waals surface area contributed by atoms with Crippen molar-refractivity contribution in [1.82, 2.24) is 9.88 Å². The van der Waals surface area contributed by atoms with E-state index < -0.39 is 0 Å². The lowest BCUT2D eigenvalue weighted by Crippen LogP contribution is -2.18. The molecule has 1 heterocycles. The summed E-state index contributed by atoms with van der Waals surface area (Å²) in [6.07, 6.45) is 0. The molecule has 0 aliphatic heterocycles. The van der Waals surface area contributed by atoms with Gasteiger partial charge in [0.05, 0.1) is 6.61 Å². The summed E-state index contributed by atoms with van der Waals surface area (Å²) in [7, 11) is 1.73. The summed E-state index contributed by atoms with van der Waals surface area (Å²) in [6.45, 7) is 11.2. The van der Waals surface area contributed by atoms with Crippen molar-refractivity contribution in [2.45, 2.75) is 34.2 Å². The lowest BCUT2D eigenvalue weighted by Gasteiger charge is -2.14. The molecular weight excluding hydrogens is 260 g/mol. The van der Waals surface area contributed by atoms with Crippen LogP contribution in [0.4, 0.5) is 0 Å². The average molecular weight is 286 g/mol. The van der Waals surface area contributed by atoms with Crippen LogP contribution in [0, 0.1) is 27.7 Å². The molecule has 0 radical (unpaired) electrons. The van der Waals surface area contributed by atoms with Gasteiger partial charge < -0.3 is 14.6 Å². The Labute approximate surface area is 127 Å². The highest BCUT2D eigenvalue weighted by Gasteiger charge is 2.12. The molecule has 2 rings (SSSR count). The number of rotatable bonds is 6. The van der Waals surface area contributed by atoms with Crippen molar-refractivity contribution in [3.63, 3.8) is 0 Å². The molecule has 0 saturated carbocycles. The summed E-state index contributed by atoms with van der Waals surface area (Å²) in [6, 6.07) is 8.90. The Morgan fingerprint density at radius 1 is 1.10 bits per heavy atom. The number of hydrogen-bond acceptors (Lipinski definition) is 2. The van der Waals surface area contributed by atoms with E-state index in [1.54, 1.807) is 7.11 Å². The summed E-state index contributed by atoms with van der Waals surface area (Å²) >= 11 is 0. The summed E-state index contributed by atoms with van der Waals surface area (Å²) in [5.74, 6) is 0. The van der Waals surface area contributed by atoms with E-state index in [9.17, 15) is 0 Å². The Morgan fingerprint density at radius 2 is 1.86 bits per heavy atom. The van der Waals surface area contributed by atoms with Crippen LogP contribution in [-0.2, 0) is 11.3 Å². The molecule has 0 spiro atoms. The molecule has 0 aliphatic carbocycles. The normalized spacial score (nSPS) is 11.1. The molecule has 2 aromatic rings. The monoisotopic (exact) mass is 286 g/mol. The molecule has 0 fully saturated rings. The Balaban J connectivity index is 2.28. The maximum Gasteiger partial charge on any atom is 0.0587 e. The van der Waals surface area contributed by atoms with E-state index in [-0.39, 0.29) is 0 Å². The Kier molecular flexibility index (Phi) is 5.21. The zero-order valence-corrected chi connectivity index (χ0v) is 13.8. The zero-order valence-electron chi connectivity index (χ0n) is 13.8. The molecule has 3 heteroatoms. The van der Waals surface area contributed by atoms with Crippen molar-refractivity contribution >= 4 is 0 Å². The van der Waals surface area contributed by atoms with Gasteiger partial charge in [-0.3, -0.25) is 0 Å². The van der Waals surface area contributed by atoms with Crippen LogP contribution in [0.15, 0.2) is 24.3 Å². The second kappa shape index (κ2) is 6.92. The van der Waals surface area contributed by atoms with Gasteiger partial charge in [0.2, 0.25) is 0 Å². The fourth-order valence-corrected chi connectivity index (χ4v) is 2.74. The first-order valence-electron chi connectivity index (χ1n) is 7.49. The molecule has 1 aromatic carbocycles. The summed E-state index contributed by atoms with van der Waals surface area (Å²) in [5, 5.41) is 3.42. The Morgan fingerprint density at radius 3 is 2.57 bits per heavy atom. The van der Waals surface area contributed by atoms with E-state index in [4.69, 9.17) is 4.74 Å². The van der Waals surface area contributed by atoms with Gasteiger partial charge >= 0.3 is 0 Å². The Bertz CT molecular complexity index is 614.